The Bertz CT molecular complexity index is 1140. The van der Waals surface area contributed by atoms with Crippen molar-refractivity contribution in [2.24, 2.45) is 16.3 Å². The van der Waals surface area contributed by atoms with Crippen molar-refractivity contribution in [2.45, 2.75) is 32.7 Å². The van der Waals surface area contributed by atoms with Crippen molar-refractivity contribution < 1.29 is 28.4 Å². The Morgan fingerprint density at radius 2 is 1.56 bits per heavy atom. The van der Waals surface area contributed by atoms with Crippen LogP contribution in [0.15, 0.2) is 35.3 Å². The Kier molecular flexibility index (Phi) is 5.58. The predicted octanol–water partition coefficient (Wildman–Crippen LogP) is 5.06. The zero-order valence-corrected chi connectivity index (χ0v) is 20.5. The molecule has 7 heteroatoms. The van der Waals surface area contributed by atoms with E-state index in [9.17, 15) is 0 Å². The smallest absolute Gasteiger partial charge is 0.231 e. The van der Waals surface area contributed by atoms with Gasteiger partial charge >= 0.3 is 0 Å². The zero-order valence-electron chi connectivity index (χ0n) is 20.5. The molecule has 0 saturated heterocycles. The Labute approximate surface area is 200 Å². The zero-order chi connectivity index (χ0) is 24.0. The van der Waals surface area contributed by atoms with Crippen LogP contribution >= 0.6 is 0 Å². The molecule has 2 aromatic rings. The summed E-state index contributed by atoms with van der Waals surface area (Å²) in [7, 11) is 4.86. The van der Waals surface area contributed by atoms with Crippen molar-refractivity contribution in [1.82, 2.24) is 0 Å². The Hall–Kier alpha value is -3.35. The molecule has 0 spiro atoms. The summed E-state index contributed by atoms with van der Waals surface area (Å²) in [5.41, 5.74) is 3.21. The maximum atomic E-state index is 6.20. The van der Waals surface area contributed by atoms with Crippen molar-refractivity contribution >= 4 is 12.0 Å². The van der Waals surface area contributed by atoms with Crippen molar-refractivity contribution in [3.63, 3.8) is 0 Å². The lowest BCUT2D eigenvalue weighted by Crippen LogP contribution is -2.25. The maximum absolute atomic E-state index is 6.20. The summed E-state index contributed by atoms with van der Waals surface area (Å²) < 4.78 is 34.4. The van der Waals surface area contributed by atoms with Crippen molar-refractivity contribution in [1.29, 1.82) is 0 Å². The Morgan fingerprint density at radius 1 is 0.882 bits per heavy atom. The second-order valence-electron chi connectivity index (χ2n) is 9.82. The summed E-state index contributed by atoms with van der Waals surface area (Å²) in [4.78, 5) is 5.02. The first-order valence-corrected chi connectivity index (χ1v) is 11.5. The molecule has 2 aromatic carbocycles. The fraction of sp³-hybridized carbons (Fsp3) is 0.444. The van der Waals surface area contributed by atoms with E-state index in [0.29, 0.717) is 23.9 Å². The maximum Gasteiger partial charge on any atom is 0.231 e. The largest absolute Gasteiger partial charge is 0.493 e. The third-order valence-electron chi connectivity index (χ3n) is 6.76. The van der Waals surface area contributed by atoms with Gasteiger partial charge in [-0.15, -0.1) is 0 Å². The number of ether oxygens (including phenoxy) is 6. The molecule has 7 nitrogen and oxygen atoms in total. The van der Waals surface area contributed by atoms with Gasteiger partial charge in [0.2, 0.25) is 12.5 Å². The van der Waals surface area contributed by atoms with Crippen LogP contribution in [0.5, 0.6) is 28.7 Å². The van der Waals surface area contributed by atoms with Gasteiger partial charge in [0.15, 0.2) is 28.9 Å². The first-order valence-electron chi connectivity index (χ1n) is 11.5. The quantitative estimate of drug-likeness (QED) is 0.615. The number of benzene rings is 2. The van der Waals surface area contributed by atoms with E-state index in [-0.39, 0.29) is 30.1 Å². The van der Waals surface area contributed by atoms with E-state index in [1.807, 2.05) is 18.2 Å². The summed E-state index contributed by atoms with van der Waals surface area (Å²) >= 11 is 0. The van der Waals surface area contributed by atoms with Crippen LogP contribution in [0.25, 0.3) is 6.08 Å². The highest BCUT2D eigenvalue weighted by Gasteiger charge is 2.39. The highest BCUT2D eigenvalue weighted by molar-refractivity contribution is 5.87. The van der Waals surface area contributed by atoms with E-state index in [2.05, 4.69) is 39.0 Å². The van der Waals surface area contributed by atoms with Crippen LogP contribution in [0.1, 0.15) is 43.4 Å². The van der Waals surface area contributed by atoms with E-state index in [1.165, 1.54) is 0 Å². The minimum absolute atomic E-state index is 0.0199. The van der Waals surface area contributed by atoms with E-state index < -0.39 is 0 Å². The molecule has 0 fully saturated rings. The van der Waals surface area contributed by atoms with Crippen LogP contribution in [0, 0.1) is 11.3 Å². The molecule has 0 bridgehead atoms. The number of fused-ring (bicyclic) bond motifs is 2. The normalized spacial score (nSPS) is 22.6. The predicted molar refractivity (Wildman–Crippen MR) is 130 cm³/mol. The van der Waals surface area contributed by atoms with Crippen LogP contribution in [0.3, 0.4) is 0 Å². The van der Waals surface area contributed by atoms with Crippen LogP contribution in [-0.4, -0.2) is 46.7 Å². The second kappa shape index (κ2) is 8.46. The monoisotopic (exact) mass is 465 g/mol. The first-order chi connectivity index (χ1) is 16.3. The van der Waals surface area contributed by atoms with Crippen molar-refractivity contribution in [3.05, 3.63) is 47.0 Å². The lowest BCUT2D eigenvalue weighted by molar-refractivity contribution is 0.174. The van der Waals surface area contributed by atoms with Crippen LogP contribution < -0.4 is 23.7 Å². The number of rotatable bonds is 5. The van der Waals surface area contributed by atoms with E-state index >= 15 is 0 Å². The Morgan fingerprint density at radius 3 is 2.15 bits per heavy atom. The lowest BCUT2D eigenvalue weighted by atomic mass is 9.75. The van der Waals surface area contributed by atoms with Crippen LogP contribution in [-0.2, 0) is 4.74 Å². The van der Waals surface area contributed by atoms with Gasteiger partial charge in [-0.2, -0.15) is 0 Å². The number of hydrogen-bond donors (Lipinski definition) is 0. The summed E-state index contributed by atoms with van der Waals surface area (Å²) in [5.74, 6) is 3.83. The van der Waals surface area contributed by atoms with Gasteiger partial charge in [0, 0.05) is 5.92 Å². The van der Waals surface area contributed by atoms with Crippen LogP contribution in [0.2, 0.25) is 0 Å². The van der Waals surface area contributed by atoms with Gasteiger partial charge in [0.1, 0.15) is 6.61 Å². The third kappa shape index (κ3) is 3.73. The molecule has 34 heavy (non-hydrogen) atoms. The van der Waals surface area contributed by atoms with E-state index in [0.717, 1.165) is 34.1 Å². The summed E-state index contributed by atoms with van der Waals surface area (Å²) in [6, 6.07) is 8.21. The van der Waals surface area contributed by atoms with E-state index in [4.69, 9.17) is 33.4 Å². The van der Waals surface area contributed by atoms with Gasteiger partial charge in [-0.05, 0) is 46.4 Å². The van der Waals surface area contributed by atoms with Crippen LogP contribution in [0.4, 0.5) is 0 Å². The molecule has 0 aromatic heterocycles. The topological polar surface area (TPSA) is 67.7 Å². The van der Waals surface area contributed by atoms with Crippen molar-refractivity contribution in [2.75, 3.05) is 34.7 Å². The van der Waals surface area contributed by atoms with Gasteiger partial charge in [0.05, 0.1) is 33.3 Å². The van der Waals surface area contributed by atoms with Gasteiger partial charge in [0.25, 0.3) is 0 Å². The summed E-state index contributed by atoms with van der Waals surface area (Å²) in [6.07, 6.45) is 4.29. The molecule has 180 valence electrons. The Balaban J connectivity index is 1.67. The molecular weight excluding hydrogens is 434 g/mol. The fourth-order valence-corrected chi connectivity index (χ4v) is 4.81. The molecule has 2 heterocycles. The number of hydrogen-bond acceptors (Lipinski definition) is 7. The van der Waals surface area contributed by atoms with Gasteiger partial charge < -0.3 is 28.4 Å². The third-order valence-corrected chi connectivity index (χ3v) is 6.76. The van der Waals surface area contributed by atoms with Gasteiger partial charge in [-0.3, -0.25) is 0 Å². The fourth-order valence-electron chi connectivity index (χ4n) is 4.81. The SMILES string of the molecule is COc1cc([C@@H]2c3cc4c(cc3C=C[C@H]2C2=N[C@H](C(C)(C)C)CO2)OCO4)cc(OC)c1OC. The molecule has 0 saturated carbocycles. The lowest BCUT2D eigenvalue weighted by Gasteiger charge is -2.31. The van der Waals surface area contributed by atoms with Crippen molar-refractivity contribution in [3.8, 4) is 28.7 Å². The molecule has 3 atom stereocenters. The average Bonchev–Trinajstić information content (AvgIpc) is 3.50. The number of aliphatic imine (C=N–C) groups is 1. The highest BCUT2D eigenvalue weighted by Crippen LogP contribution is 2.49. The number of methoxy groups -OCH3 is 3. The average molecular weight is 466 g/mol. The highest BCUT2D eigenvalue weighted by atomic mass is 16.7. The van der Waals surface area contributed by atoms with Gasteiger partial charge in [-0.1, -0.05) is 32.9 Å². The minimum Gasteiger partial charge on any atom is -0.493 e. The molecule has 0 unspecified atom stereocenters. The molecule has 2 aliphatic heterocycles. The molecule has 5 rings (SSSR count). The molecule has 0 N–H and O–H groups in total. The van der Waals surface area contributed by atoms with E-state index in [1.54, 1.807) is 21.3 Å². The molecule has 0 amide bonds. The van der Waals surface area contributed by atoms with Gasteiger partial charge in [-0.25, -0.2) is 4.99 Å². The molecular formula is C27H31NO6. The molecule has 3 aliphatic rings. The summed E-state index contributed by atoms with van der Waals surface area (Å²) in [5, 5.41) is 0. The minimum atomic E-state index is -0.0966. The molecule has 0 radical (unpaired) electrons. The second-order valence-corrected chi connectivity index (χ2v) is 9.82. The molecule has 1 aliphatic carbocycles. The number of nitrogens with zero attached hydrogens (tertiary/aromatic N) is 1. The first kappa shape index (κ1) is 22.4. The standard InChI is InChI=1S/C27H31NO6/c1-27(2,3)23-13-32-26(28-23)17-8-7-15-9-19-20(34-14-33-19)12-18(15)24(17)16-10-21(29-4)25(31-6)22(11-16)30-5/h7-12,17,23-24H,13-14H2,1-6H3/t17-,23+,24+/m1/s1. The summed E-state index contributed by atoms with van der Waals surface area (Å²) in [6.45, 7) is 7.38.